The summed E-state index contributed by atoms with van der Waals surface area (Å²) in [7, 11) is 3.89. The summed E-state index contributed by atoms with van der Waals surface area (Å²) in [4.78, 5) is 17.5. The lowest BCUT2D eigenvalue weighted by Gasteiger charge is -2.32. The first-order chi connectivity index (χ1) is 11.2. The Bertz CT molecular complexity index is 546. The summed E-state index contributed by atoms with van der Waals surface area (Å²) in [5.41, 5.74) is 1.12. The van der Waals surface area contributed by atoms with E-state index in [0.717, 1.165) is 43.7 Å². The number of hydrogen-bond acceptors (Lipinski definition) is 3. The van der Waals surface area contributed by atoms with Crippen molar-refractivity contribution in [3.05, 3.63) is 29.8 Å². The maximum Gasteiger partial charge on any atom is 0.223 e. The number of ether oxygens (including phenoxy) is 1. The van der Waals surface area contributed by atoms with Crippen LogP contribution in [0.4, 0.5) is 0 Å². The highest BCUT2D eigenvalue weighted by Gasteiger charge is 2.38. The van der Waals surface area contributed by atoms with Gasteiger partial charge in [-0.15, -0.1) is 0 Å². The molecule has 1 aromatic carbocycles. The van der Waals surface area contributed by atoms with Crippen LogP contribution in [0.5, 0.6) is 5.75 Å². The highest BCUT2D eigenvalue weighted by Crippen LogP contribution is 2.29. The molecule has 2 aliphatic rings. The van der Waals surface area contributed by atoms with Crippen molar-refractivity contribution in [3.8, 4) is 5.75 Å². The number of likely N-dealkylation sites (N-methyl/N-ethyl adjacent to an activating group) is 1. The predicted octanol–water partition coefficient (Wildman–Crippen LogP) is 2.71. The molecule has 4 heteroatoms. The van der Waals surface area contributed by atoms with E-state index in [1.165, 1.54) is 12.8 Å². The Labute approximate surface area is 139 Å². The van der Waals surface area contributed by atoms with Gasteiger partial charge < -0.3 is 14.5 Å². The Morgan fingerprint density at radius 1 is 1.17 bits per heavy atom. The smallest absolute Gasteiger partial charge is 0.223 e. The van der Waals surface area contributed by atoms with Crippen molar-refractivity contribution in [1.82, 2.24) is 9.80 Å². The van der Waals surface area contributed by atoms with Gasteiger partial charge in [0.2, 0.25) is 5.91 Å². The van der Waals surface area contributed by atoms with E-state index in [9.17, 15) is 4.79 Å². The van der Waals surface area contributed by atoms with Crippen LogP contribution >= 0.6 is 0 Å². The first-order valence-corrected chi connectivity index (χ1v) is 8.82. The molecule has 4 nitrogen and oxygen atoms in total. The van der Waals surface area contributed by atoms with Crippen molar-refractivity contribution < 1.29 is 9.53 Å². The fourth-order valence-corrected chi connectivity index (χ4v) is 4.17. The van der Waals surface area contributed by atoms with Crippen LogP contribution < -0.4 is 4.74 Å². The highest BCUT2D eigenvalue weighted by molar-refractivity contribution is 5.77. The number of carbonyl (C=O) groups is 1. The minimum Gasteiger partial charge on any atom is -0.496 e. The van der Waals surface area contributed by atoms with E-state index in [-0.39, 0.29) is 0 Å². The monoisotopic (exact) mass is 316 g/mol. The van der Waals surface area contributed by atoms with Crippen LogP contribution in [0.25, 0.3) is 0 Å². The number of fused-ring (bicyclic) bond motifs is 1. The van der Waals surface area contributed by atoms with E-state index in [0.29, 0.717) is 24.4 Å². The number of nitrogens with zero attached hydrogens (tertiary/aromatic N) is 2. The van der Waals surface area contributed by atoms with Crippen molar-refractivity contribution in [1.29, 1.82) is 0 Å². The molecular formula is C19H28N2O2. The summed E-state index contributed by atoms with van der Waals surface area (Å²) in [5.74, 6) is 1.19. The average molecular weight is 316 g/mol. The van der Waals surface area contributed by atoms with E-state index in [1.807, 2.05) is 18.2 Å². The van der Waals surface area contributed by atoms with Gasteiger partial charge in [-0.1, -0.05) is 24.6 Å². The van der Waals surface area contributed by atoms with Crippen LogP contribution in [0, 0.1) is 0 Å². The zero-order valence-electron chi connectivity index (χ0n) is 14.3. The molecule has 2 fully saturated rings. The molecule has 0 unspecified atom stereocenters. The summed E-state index contributed by atoms with van der Waals surface area (Å²) in [6.07, 6.45) is 6.07. The number of hydrogen-bond donors (Lipinski definition) is 0. The Morgan fingerprint density at radius 3 is 2.83 bits per heavy atom. The normalized spacial score (nSPS) is 25.0. The third-order valence-electron chi connectivity index (χ3n) is 5.46. The quantitative estimate of drug-likeness (QED) is 0.856. The van der Waals surface area contributed by atoms with Gasteiger partial charge in [-0.05, 0) is 44.4 Å². The second-order valence-electron chi connectivity index (χ2n) is 6.80. The Balaban J connectivity index is 1.65. The fourth-order valence-electron chi connectivity index (χ4n) is 4.17. The average Bonchev–Trinajstić information content (AvgIpc) is 2.81. The van der Waals surface area contributed by atoms with E-state index in [1.54, 1.807) is 7.11 Å². The third-order valence-corrected chi connectivity index (χ3v) is 5.46. The number of para-hydroxylation sites is 1. The molecule has 0 radical (unpaired) electrons. The second-order valence-corrected chi connectivity index (χ2v) is 6.80. The summed E-state index contributed by atoms with van der Waals surface area (Å²) in [5, 5.41) is 0. The molecule has 0 bridgehead atoms. The number of amides is 1. The van der Waals surface area contributed by atoms with Crippen molar-refractivity contribution in [3.63, 3.8) is 0 Å². The van der Waals surface area contributed by atoms with Crippen LogP contribution in [0.2, 0.25) is 0 Å². The zero-order valence-corrected chi connectivity index (χ0v) is 14.3. The molecule has 23 heavy (non-hydrogen) atoms. The molecular weight excluding hydrogens is 288 g/mol. The van der Waals surface area contributed by atoms with Crippen LogP contribution in [-0.2, 0) is 11.2 Å². The van der Waals surface area contributed by atoms with Gasteiger partial charge in [0.1, 0.15) is 5.75 Å². The number of rotatable bonds is 4. The number of carbonyl (C=O) groups excluding carboxylic acids is 1. The van der Waals surface area contributed by atoms with Crippen LogP contribution in [0.15, 0.2) is 24.3 Å². The molecule has 2 saturated heterocycles. The molecule has 0 aromatic heterocycles. The summed E-state index contributed by atoms with van der Waals surface area (Å²) in [6.45, 7) is 2.05. The Morgan fingerprint density at radius 2 is 2.00 bits per heavy atom. The zero-order chi connectivity index (χ0) is 16.2. The number of benzene rings is 1. The van der Waals surface area contributed by atoms with E-state index in [2.05, 4.69) is 22.9 Å². The van der Waals surface area contributed by atoms with Crippen molar-refractivity contribution in [2.24, 2.45) is 0 Å². The molecule has 2 atom stereocenters. The fraction of sp³-hybridized carbons (Fsp3) is 0.632. The Kier molecular flexibility index (Phi) is 5.21. The van der Waals surface area contributed by atoms with Crippen LogP contribution in [0.1, 0.15) is 37.7 Å². The standard InChI is InChI=1S/C19H28N2O2/c1-20-14-12-17-16(20)8-5-6-13-21(17)19(22)11-10-15-7-3-4-9-18(15)23-2/h3-4,7,9,16-17H,5-6,8,10-14H2,1-2H3/t16-,17-/m1/s1. The van der Waals surface area contributed by atoms with Crippen molar-refractivity contribution >= 4 is 5.91 Å². The molecule has 2 aliphatic heterocycles. The molecule has 126 valence electrons. The SMILES string of the molecule is COc1ccccc1CCC(=O)N1CCCC[C@@H]2[C@H]1CCN2C. The minimum absolute atomic E-state index is 0.308. The predicted molar refractivity (Wildman–Crippen MR) is 91.7 cm³/mol. The first kappa shape index (κ1) is 16.3. The molecule has 2 heterocycles. The van der Waals surface area contributed by atoms with Gasteiger partial charge in [-0.3, -0.25) is 4.79 Å². The van der Waals surface area contributed by atoms with Gasteiger partial charge in [-0.25, -0.2) is 0 Å². The minimum atomic E-state index is 0.308. The van der Waals surface area contributed by atoms with Gasteiger partial charge in [0.05, 0.1) is 7.11 Å². The molecule has 0 spiro atoms. The topological polar surface area (TPSA) is 32.8 Å². The summed E-state index contributed by atoms with van der Waals surface area (Å²) >= 11 is 0. The number of likely N-dealkylation sites (tertiary alicyclic amines) is 2. The lowest BCUT2D eigenvalue weighted by Crippen LogP contribution is -2.46. The molecule has 1 aromatic rings. The third kappa shape index (κ3) is 3.52. The van der Waals surface area contributed by atoms with E-state index in [4.69, 9.17) is 4.74 Å². The first-order valence-electron chi connectivity index (χ1n) is 8.82. The molecule has 0 N–H and O–H groups in total. The van der Waals surface area contributed by atoms with Gasteiger partial charge in [0, 0.05) is 31.6 Å². The second kappa shape index (κ2) is 7.35. The largest absolute Gasteiger partial charge is 0.496 e. The van der Waals surface area contributed by atoms with Crippen LogP contribution in [0.3, 0.4) is 0 Å². The maximum atomic E-state index is 12.8. The summed E-state index contributed by atoms with van der Waals surface area (Å²) in [6, 6.07) is 8.99. The number of aryl methyl sites for hydroxylation is 1. The van der Waals surface area contributed by atoms with Crippen LogP contribution in [-0.4, -0.2) is 55.0 Å². The lowest BCUT2D eigenvalue weighted by atomic mass is 10.0. The van der Waals surface area contributed by atoms with E-state index >= 15 is 0 Å². The molecule has 0 saturated carbocycles. The number of methoxy groups -OCH3 is 1. The van der Waals surface area contributed by atoms with Crippen molar-refractivity contribution in [2.45, 2.75) is 50.6 Å². The van der Waals surface area contributed by atoms with Gasteiger partial charge in [0.25, 0.3) is 0 Å². The molecule has 3 rings (SSSR count). The maximum absolute atomic E-state index is 12.8. The van der Waals surface area contributed by atoms with Gasteiger partial charge in [0.15, 0.2) is 0 Å². The highest BCUT2D eigenvalue weighted by atomic mass is 16.5. The Hall–Kier alpha value is -1.55. The molecule has 1 amide bonds. The van der Waals surface area contributed by atoms with Gasteiger partial charge in [-0.2, -0.15) is 0 Å². The summed E-state index contributed by atoms with van der Waals surface area (Å²) < 4.78 is 5.39. The molecule has 0 aliphatic carbocycles. The van der Waals surface area contributed by atoms with Crippen molar-refractivity contribution in [2.75, 3.05) is 27.2 Å². The van der Waals surface area contributed by atoms with Gasteiger partial charge >= 0.3 is 0 Å². The van der Waals surface area contributed by atoms with E-state index < -0.39 is 0 Å². The lowest BCUT2D eigenvalue weighted by molar-refractivity contribution is -0.133.